The Hall–Kier alpha value is -3.21. The number of aryl methyl sites for hydroxylation is 1. The van der Waals surface area contributed by atoms with Gasteiger partial charge in [-0.2, -0.15) is 0 Å². The van der Waals surface area contributed by atoms with Crippen LogP contribution in [0.4, 0.5) is 11.4 Å². The number of nitrogens with one attached hydrogen (secondary N) is 1. The summed E-state index contributed by atoms with van der Waals surface area (Å²) in [5.74, 6) is 0.896. The monoisotopic (exact) mass is 359 g/mol. The summed E-state index contributed by atoms with van der Waals surface area (Å²) in [5, 5.41) is 3.24. The largest absolute Gasteiger partial charge is 0.465 e. The summed E-state index contributed by atoms with van der Waals surface area (Å²) in [7, 11) is 1.40. The van der Waals surface area contributed by atoms with Crippen LogP contribution in [-0.2, 0) is 4.74 Å². The smallest absolute Gasteiger partial charge is 0.339 e. The van der Waals surface area contributed by atoms with Crippen molar-refractivity contribution in [2.45, 2.75) is 25.7 Å². The molecule has 0 spiro atoms. The zero-order valence-corrected chi connectivity index (χ0v) is 15.4. The van der Waals surface area contributed by atoms with Gasteiger partial charge in [0.2, 0.25) is 0 Å². The van der Waals surface area contributed by atoms with E-state index >= 15 is 0 Å². The SMILES string of the molecule is COC(=O)c1cc(C2CC2)ccc1Nc1cnc(-c2ccccc2C)nc1. The van der Waals surface area contributed by atoms with Crippen molar-refractivity contribution >= 4 is 17.3 Å². The number of ether oxygens (including phenoxy) is 1. The molecule has 0 atom stereocenters. The Morgan fingerprint density at radius 3 is 2.52 bits per heavy atom. The van der Waals surface area contributed by atoms with Crippen molar-refractivity contribution in [3.05, 3.63) is 71.5 Å². The first-order valence-corrected chi connectivity index (χ1v) is 9.03. The predicted molar refractivity (Wildman–Crippen MR) is 105 cm³/mol. The summed E-state index contributed by atoms with van der Waals surface area (Å²) in [4.78, 5) is 21.1. The normalized spacial score (nSPS) is 13.3. The Kier molecular flexibility index (Phi) is 4.59. The highest BCUT2D eigenvalue weighted by molar-refractivity contribution is 5.96. The third kappa shape index (κ3) is 3.67. The highest BCUT2D eigenvalue weighted by atomic mass is 16.5. The lowest BCUT2D eigenvalue weighted by Crippen LogP contribution is -2.07. The fourth-order valence-electron chi connectivity index (χ4n) is 3.13. The van der Waals surface area contributed by atoms with E-state index in [9.17, 15) is 4.79 Å². The van der Waals surface area contributed by atoms with Gasteiger partial charge in [0.05, 0.1) is 36.4 Å². The molecular weight excluding hydrogens is 338 g/mol. The Morgan fingerprint density at radius 1 is 1.11 bits per heavy atom. The summed E-state index contributed by atoms with van der Waals surface area (Å²) in [5.41, 5.74) is 5.27. The van der Waals surface area contributed by atoms with Crippen LogP contribution in [0.1, 0.15) is 40.2 Å². The standard InChI is InChI=1S/C22H21N3O2/c1-14-5-3-4-6-18(14)21-23-12-17(13-24-21)25-20-10-9-16(15-7-8-15)11-19(20)22(26)27-2/h3-6,9-13,15,25H,7-8H2,1-2H3. The van der Waals surface area contributed by atoms with E-state index < -0.39 is 0 Å². The molecule has 1 heterocycles. The van der Waals surface area contributed by atoms with E-state index in [1.165, 1.54) is 25.5 Å². The highest BCUT2D eigenvalue weighted by Gasteiger charge is 2.25. The zero-order chi connectivity index (χ0) is 18.8. The molecule has 2 aromatic carbocycles. The van der Waals surface area contributed by atoms with Gasteiger partial charge >= 0.3 is 5.97 Å². The first kappa shape index (κ1) is 17.2. The van der Waals surface area contributed by atoms with E-state index in [2.05, 4.69) is 21.4 Å². The van der Waals surface area contributed by atoms with Gasteiger partial charge in [-0.1, -0.05) is 30.3 Å². The second-order valence-corrected chi connectivity index (χ2v) is 6.81. The number of aromatic nitrogens is 2. The molecule has 0 unspecified atom stereocenters. The molecule has 4 rings (SSSR count). The van der Waals surface area contributed by atoms with Crippen LogP contribution in [0.5, 0.6) is 0 Å². The van der Waals surface area contributed by atoms with Crippen LogP contribution >= 0.6 is 0 Å². The fourth-order valence-corrected chi connectivity index (χ4v) is 3.13. The van der Waals surface area contributed by atoms with E-state index in [-0.39, 0.29) is 5.97 Å². The van der Waals surface area contributed by atoms with E-state index in [0.717, 1.165) is 16.8 Å². The lowest BCUT2D eigenvalue weighted by Gasteiger charge is -2.12. The van der Waals surface area contributed by atoms with Gasteiger partial charge in [0.25, 0.3) is 0 Å². The number of hydrogen-bond acceptors (Lipinski definition) is 5. The maximum absolute atomic E-state index is 12.2. The average Bonchev–Trinajstić information content (AvgIpc) is 3.54. The quantitative estimate of drug-likeness (QED) is 0.659. The second kappa shape index (κ2) is 7.19. The molecule has 0 amide bonds. The maximum atomic E-state index is 12.2. The average molecular weight is 359 g/mol. The summed E-state index contributed by atoms with van der Waals surface area (Å²) in [6.45, 7) is 2.04. The number of hydrogen-bond donors (Lipinski definition) is 1. The van der Waals surface area contributed by atoms with Crippen LogP contribution in [0.15, 0.2) is 54.9 Å². The van der Waals surface area contributed by atoms with Gasteiger partial charge in [-0.15, -0.1) is 0 Å². The molecule has 1 N–H and O–H groups in total. The zero-order valence-electron chi connectivity index (χ0n) is 15.4. The molecule has 5 nitrogen and oxygen atoms in total. The number of rotatable bonds is 5. The Balaban J connectivity index is 1.60. The van der Waals surface area contributed by atoms with Crippen molar-refractivity contribution in [2.75, 3.05) is 12.4 Å². The number of methoxy groups -OCH3 is 1. The number of benzene rings is 2. The molecule has 0 radical (unpaired) electrons. The Bertz CT molecular complexity index is 979. The van der Waals surface area contributed by atoms with Crippen LogP contribution < -0.4 is 5.32 Å². The van der Waals surface area contributed by atoms with Crippen LogP contribution in [-0.4, -0.2) is 23.0 Å². The van der Waals surface area contributed by atoms with Gasteiger partial charge in [0, 0.05) is 5.56 Å². The Morgan fingerprint density at radius 2 is 1.85 bits per heavy atom. The molecular formula is C22H21N3O2. The molecule has 1 fully saturated rings. The number of nitrogens with zero attached hydrogens (tertiary/aromatic N) is 2. The molecule has 1 aliphatic carbocycles. The third-order valence-corrected chi connectivity index (χ3v) is 4.81. The molecule has 1 saturated carbocycles. The van der Waals surface area contributed by atoms with Gasteiger partial charge in [-0.3, -0.25) is 0 Å². The van der Waals surface area contributed by atoms with Crippen molar-refractivity contribution < 1.29 is 9.53 Å². The molecule has 1 aromatic heterocycles. The molecule has 0 bridgehead atoms. The molecule has 3 aromatic rings. The second-order valence-electron chi connectivity index (χ2n) is 6.81. The first-order valence-electron chi connectivity index (χ1n) is 9.03. The number of esters is 1. The van der Waals surface area contributed by atoms with Crippen molar-refractivity contribution in [3.63, 3.8) is 0 Å². The predicted octanol–water partition coefficient (Wildman–Crippen LogP) is 4.86. The van der Waals surface area contributed by atoms with E-state index in [4.69, 9.17) is 4.74 Å². The lowest BCUT2D eigenvalue weighted by molar-refractivity contribution is 0.0602. The first-order chi connectivity index (χ1) is 13.2. The van der Waals surface area contributed by atoms with Gasteiger partial charge in [-0.25, -0.2) is 14.8 Å². The van der Waals surface area contributed by atoms with Gasteiger partial charge < -0.3 is 10.1 Å². The van der Waals surface area contributed by atoms with Crippen molar-refractivity contribution in [1.29, 1.82) is 0 Å². The van der Waals surface area contributed by atoms with Crippen LogP contribution in [0.2, 0.25) is 0 Å². The van der Waals surface area contributed by atoms with Gasteiger partial charge in [0.1, 0.15) is 0 Å². The van der Waals surface area contributed by atoms with Crippen molar-refractivity contribution in [2.24, 2.45) is 0 Å². The summed E-state index contributed by atoms with van der Waals surface area (Å²) < 4.78 is 4.95. The van der Waals surface area contributed by atoms with Crippen LogP contribution in [0.25, 0.3) is 11.4 Å². The molecule has 5 heteroatoms. The van der Waals surface area contributed by atoms with Gasteiger partial charge in [-0.05, 0) is 48.9 Å². The minimum atomic E-state index is -0.350. The van der Waals surface area contributed by atoms with Crippen LogP contribution in [0.3, 0.4) is 0 Å². The van der Waals surface area contributed by atoms with E-state index in [1.54, 1.807) is 12.4 Å². The molecule has 0 saturated heterocycles. The van der Waals surface area contributed by atoms with Crippen molar-refractivity contribution in [3.8, 4) is 11.4 Å². The topological polar surface area (TPSA) is 64.1 Å². The minimum absolute atomic E-state index is 0.350. The minimum Gasteiger partial charge on any atom is -0.465 e. The van der Waals surface area contributed by atoms with Crippen LogP contribution in [0, 0.1) is 6.92 Å². The summed E-state index contributed by atoms with van der Waals surface area (Å²) >= 11 is 0. The molecule has 27 heavy (non-hydrogen) atoms. The third-order valence-electron chi connectivity index (χ3n) is 4.81. The summed E-state index contributed by atoms with van der Waals surface area (Å²) in [6.07, 6.45) is 5.82. The highest BCUT2D eigenvalue weighted by Crippen LogP contribution is 2.41. The Labute approximate surface area is 158 Å². The number of carbonyl (C=O) groups is 1. The van der Waals surface area contributed by atoms with E-state index in [0.29, 0.717) is 23.0 Å². The number of anilines is 2. The molecule has 0 aliphatic heterocycles. The summed E-state index contributed by atoms with van der Waals surface area (Å²) in [6, 6.07) is 13.9. The maximum Gasteiger partial charge on any atom is 0.339 e. The molecule has 1 aliphatic rings. The van der Waals surface area contributed by atoms with Crippen molar-refractivity contribution in [1.82, 2.24) is 9.97 Å². The van der Waals surface area contributed by atoms with Gasteiger partial charge in [0.15, 0.2) is 5.82 Å². The molecule has 136 valence electrons. The fraction of sp³-hybridized carbons (Fsp3) is 0.227. The number of carbonyl (C=O) groups excluding carboxylic acids is 1. The van der Waals surface area contributed by atoms with E-state index in [1.807, 2.05) is 43.3 Å². The lowest BCUT2D eigenvalue weighted by atomic mass is 10.0.